The first-order valence-electron chi connectivity index (χ1n) is 7.79. The summed E-state index contributed by atoms with van der Waals surface area (Å²) >= 11 is 6.02. The summed E-state index contributed by atoms with van der Waals surface area (Å²) in [6.45, 7) is 1.42. The molecule has 3 rings (SSSR count). The number of rotatable bonds is 6. The van der Waals surface area contributed by atoms with Crippen LogP contribution in [-0.4, -0.2) is 49.2 Å². The van der Waals surface area contributed by atoms with Gasteiger partial charge in [0.1, 0.15) is 5.82 Å². The van der Waals surface area contributed by atoms with Gasteiger partial charge in [-0.15, -0.1) is 0 Å². The number of nitrogens with zero attached hydrogens (tertiary/aromatic N) is 2. The van der Waals surface area contributed by atoms with Gasteiger partial charge in [0.05, 0.1) is 0 Å². The fourth-order valence-electron chi connectivity index (χ4n) is 3.01. The van der Waals surface area contributed by atoms with Crippen molar-refractivity contribution in [3.05, 3.63) is 34.6 Å². The van der Waals surface area contributed by atoms with Crippen molar-refractivity contribution in [1.82, 2.24) is 13.9 Å². The van der Waals surface area contributed by atoms with Crippen molar-refractivity contribution in [1.29, 1.82) is 0 Å². The van der Waals surface area contributed by atoms with E-state index in [0.717, 1.165) is 25.8 Å². The number of hydrogen-bond donors (Lipinski definition) is 1. The molecule has 8 heteroatoms. The maximum Gasteiger partial charge on any atom is 0.282 e. The average Bonchev–Trinajstić information content (AvgIpc) is 3.16. The molecule has 1 aromatic carbocycles. The van der Waals surface area contributed by atoms with Crippen LogP contribution in [0.4, 0.5) is 4.39 Å². The van der Waals surface area contributed by atoms with Gasteiger partial charge >= 0.3 is 0 Å². The van der Waals surface area contributed by atoms with Crippen LogP contribution in [0.2, 0.25) is 5.02 Å². The molecular weight excluding hydrogens is 341 g/mol. The molecule has 5 nitrogen and oxygen atoms in total. The van der Waals surface area contributed by atoms with Crippen molar-refractivity contribution in [3.8, 4) is 0 Å². The molecule has 1 N–H and O–H groups in total. The lowest BCUT2D eigenvalue weighted by Gasteiger charge is -2.32. The molecule has 1 heterocycles. The highest BCUT2D eigenvalue weighted by Gasteiger charge is 2.44. The van der Waals surface area contributed by atoms with Gasteiger partial charge in [0.15, 0.2) is 0 Å². The summed E-state index contributed by atoms with van der Waals surface area (Å²) in [5.74, 6) is -0.486. The van der Waals surface area contributed by atoms with Crippen molar-refractivity contribution >= 4 is 21.8 Å². The molecule has 1 aromatic rings. The highest BCUT2D eigenvalue weighted by atomic mass is 35.5. The Kier molecular flexibility index (Phi) is 4.94. The molecule has 1 aliphatic heterocycles. The molecule has 1 unspecified atom stereocenters. The standard InChI is InChI=1S/C15H21ClFN3O2S/c1-19(10-13-14(16)3-2-4-15(13)17)23(21,22)20(11-5-6-11)12-7-8-18-9-12/h2-4,11-12,18H,5-10H2,1H3. The second-order valence-electron chi connectivity index (χ2n) is 6.17. The molecule has 2 aliphatic rings. The van der Waals surface area contributed by atoms with E-state index < -0.39 is 16.0 Å². The normalized spacial score (nSPS) is 22.2. The Labute approximate surface area is 141 Å². The van der Waals surface area contributed by atoms with Gasteiger partial charge in [0.25, 0.3) is 10.2 Å². The lowest BCUT2D eigenvalue weighted by molar-refractivity contribution is 0.294. The molecule has 0 spiro atoms. The number of hydrogen-bond acceptors (Lipinski definition) is 3. The summed E-state index contributed by atoms with van der Waals surface area (Å²) in [7, 11) is -2.17. The van der Waals surface area contributed by atoms with E-state index in [0.29, 0.717) is 6.54 Å². The van der Waals surface area contributed by atoms with Crippen LogP contribution < -0.4 is 5.32 Å². The van der Waals surface area contributed by atoms with Crippen molar-refractivity contribution in [2.24, 2.45) is 0 Å². The Morgan fingerprint density at radius 1 is 1.30 bits per heavy atom. The van der Waals surface area contributed by atoms with E-state index in [1.165, 1.54) is 23.5 Å². The van der Waals surface area contributed by atoms with Crippen LogP contribution in [0.25, 0.3) is 0 Å². The van der Waals surface area contributed by atoms with Crippen LogP contribution in [0.3, 0.4) is 0 Å². The van der Waals surface area contributed by atoms with Gasteiger partial charge in [-0.3, -0.25) is 0 Å². The Balaban J connectivity index is 1.82. The molecule has 23 heavy (non-hydrogen) atoms. The minimum Gasteiger partial charge on any atom is -0.315 e. The lowest BCUT2D eigenvalue weighted by Crippen LogP contribution is -2.49. The van der Waals surface area contributed by atoms with E-state index in [1.807, 2.05) is 0 Å². The van der Waals surface area contributed by atoms with Crippen molar-refractivity contribution in [2.75, 3.05) is 20.1 Å². The number of nitrogens with one attached hydrogen (secondary N) is 1. The molecule has 0 amide bonds. The summed E-state index contributed by atoms with van der Waals surface area (Å²) in [6.07, 6.45) is 2.60. The molecular formula is C15H21ClFN3O2S. The molecule has 0 radical (unpaired) electrons. The quantitative estimate of drug-likeness (QED) is 0.843. The maximum absolute atomic E-state index is 13.9. The van der Waals surface area contributed by atoms with Gasteiger partial charge < -0.3 is 5.32 Å². The predicted octanol–water partition coefficient (Wildman–Crippen LogP) is 1.98. The van der Waals surface area contributed by atoms with Gasteiger partial charge in [-0.2, -0.15) is 17.0 Å². The van der Waals surface area contributed by atoms with Gasteiger partial charge in [0, 0.05) is 42.8 Å². The van der Waals surface area contributed by atoms with Crippen LogP contribution in [0.15, 0.2) is 18.2 Å². The molecule has 1 saturated heterocycles. The summed E-state index contributed by atoms with van der Waals surface area (Å²) in [4.78, 5) is 0. The largest absolute Gasteiger partial charge is 0.315 e. The minimum absolute atomic E-state index is 0.0222. The zero-order valence-corrected chi connectivity index (χ0v) is 14.6. The SMILES string of the molecule is CN(Cc1c(F)cccc1Cl)S(=O)(=O)N(C1CC1)C1CCNC1. The fraction of sp³-hybridized carbons (Fsp3) is 0.600. The second-order valence-corrected chi connectivity index (χ2v) is 8.52. The number of halogens is 2. The van der Waals surface area contributed by atoms with Gasteiger partial charge in [0.2, 0.25) is 0 Å². The molecule has 1 atom stereocenters. The molecule has 1 aliphatic carbocycles. The fourth-order valence-corrected chi connectivity index (χ4v) is 4.99. The number of benzene rings is 1. The van der Waals surface area contributed by atoms with Crippen LogP contribution in [0.5, 0.6) is 0 Å². The zero-order valence-electron chi connectivity index (χ0n) is 13.0. The van der Waals surface area contributed by atoms with Crippen LogP contribution in [-0.2, 0) is 16.8 Å². The minimum atomic E-state index is -3.65. The van der Waals surface area contributed by atoms with E-state index in [-0.39, 0.29) is 29.2 Å². The van der Waals surface area contributed by atoms with Crippen LogP contribution in [0, 0.1) is 5.82 Å². The summed E-state index contributed by atoms with van der Waals surface area (Å²) in [6, 6.07) is 4.42. The molecule has 0 bridgehead atoms. The van der Waals surface area contributed by atoms with Crippen molar-refractivity contribution < 1.29 is 12.8 Å². The summed E-state index contributed by atoms with van der Waals surface area (Å²) in [5, 5.41) is 3.45. The Bertz CT molecular complexity index is 655. The zero-order chi connectivity index (χ0) is 16.6. The Morgan fingerprint density at radius 3 is 2.61 bits per heavy atom. The molecule has 1 saturated carbocycles. The third-order valence-electron chi connectivity index (χ3n) is 4.40. The van der Waals surface area contributed by atoms with Crippen molar-refractivity contribution in [2.45, 2.75) is 37.9 Å². The first-order chi connectivity index (χ1) is 10.9. The van der Waals surface area contributed by atoms with Crippen LogP contribution >= 0.6 is 11.6 Å². The van der Waals surface area contributed by atoms with E-state index in [1.54, 1.807) is 10.4 Å². The monoisotopic (exact) mass is 361 g/mol. The summed E-state index contributed by atoms with van der Waals surface area (Å²) in [5.41, 5.74) is 0.209. The van der Waals surface area contributed by atoms with Crippen molar-refractivity contribution in [3.63, 3.8) is 0 Å². The smallest absolute Gasteiger partial charge is 0.282 e. The molecule has 2 fully saturated rings. The van der Waals surface area contributed by atoms with E-state index >= 15 is 0 Å². The first kappa shape index (κ1) is 17.1. The molecule has 0 aromatic heterocycles. The maximum atomic E-state index is 13.9. The Hall–Kier alpha value is -0.730. The third kappa shape index (κ3) is 3.53. The second kappa shape index (κ2) is 6.64. The van der Waals surface area contributed by atoms with E-state index in [4.69, 9.17) is 11.6 Å². The lowest BCUT2D eigenvalue weighted by atomic mass is 10.2. The van der Waals surface area contributed by atoms with Gasteiger partial charge in [-0.05, 0) is 37.9 Å². The highest BCUT2D eigenvalue weighted by molar-refractivity contribution is 7.86. The average molecular weight is 362 g/mol. The first-order valence-corrected chi connectivity index (χ1v) is 9.57. The third-order valence-corrected chi connectivity index (χ3v) is 6.80. The van der Waals surface area contributed by atoms with Gasteiger partial charge in [-0.25, -0.2) is 4.39 Å². The molecule has 128 valence electrons. The topological polar surface area (TPSA) is 52.7 Å². The van der Waals surface area contributed by atoms with E-state index in [9.17, 15) is 12.8 Å². The van der Waals surface area contributed by atoms with Gasteiger partial charge in [-0.1, -0.05) is 17.7 Å². The predicted molar refractivity (Wildman–Crippen MR) is 87.9 cm³/mol. The van der Waals surface area contributed by atoms with E-state index in [2.05, 4.69) is 5.32 Å². The van der Waals surface area contributed by atoms with Crippen LogP contribution in [0.1, 0.15) is 24.8 Å². The highest BCUT2D eigenvalue weighted by Crippen LogP contribution is 2.34. The summed E-state index contributed by atoms with van der Waals surface area (Å²) < 4.78 is 42.7. The Morgan fingerprint density at radius 2 is 2.04 bits per heavy atom.